The first-order valence-electron chi connectivity index (χ1n) is 5.98. The lowest BCUT2D eigenvalue weighted by Crippen LogP contribution is -2.43. The summed E-state index contributed by atoms with van der Waals surface area (Å²) in [5, 5.41) is 8.74. The summed E-state index contributed by atoms with van der Waals surface area (Å²) in [5.41, 5.74) is 0. The molecule has 2 N–H and O–H groups in total. The minimum atomic E-state index is -3.87. The van der Waals surface area contributed by atoms with Crippen LogP contribution >= 0.6 is 23.2 Å². The Morgan fingerprint density at radius 1 is 1.33 bits per heavy atom. The van der Waals surface area contributed by atoms with Crippen molar-refractivity contribution in [2.45, 2.75) is 12.8 Å². The first kappa shape index (κ1) is 16.2. The van der Waals surface area contributed by atoms with Gasteiger partial charge >= 0.3 is 16.2 Å². The molecule has 1 aromatic heterocycles. The minimum Gasteiger partial charge on any atom is -0.481 e. The molecule has 1 aliphatic heterocycles. The van der Waals surface area contributed by atoms with Crippen molar-refractivity contribution in [2.75, 3.05) is 17.8 Å². The van der Waals surface area contributed by atoms with Crippen LogP contribution in [0.3, 0.4) is 0 Å². The van der Waals surface area contributed by atoms with Crippen LogP contribution in [0, 0.1) is 5.92 Å². The third-order valence-electron chi connectivity index (χ3n) is 3.12. The Morgan fingerprint density at radius 2 is 1.95 bits per heavy atom. The first-order valence-corrected chi connectivity index (χ1v) is 8.17. The van der Waals surface area contributed by atoms with Crippen LogP contribution in [0.5, 0.6) is 0 Å². The Morgan fingerprint density at radius 3 is 2.52 bits per heavy atom. The topological polar surface area (TPSA) is 112 Å². The first-order chi connectivity index (χ1) is 9.81. The Labute approximate surface area is 131 Å². The Bertz CT molecular complexity index is 646. The van der Waals surface area contributed by atoms with Gasteiger partial charge in [-0.25, -0.2) is 9.97 Å². The summed E-state index contributed by atoms with van der Waals surface area (Å²) in [4.78, 5) is 18.2. The average molecular weight is 355 g/mol. The fourth-order valence-corrected chi connectivity index (χ4v) is 3.50. The lowest BCUT2D eigenvalue weighted by molar-refractivity contribution is -0.142. The molecule has 0 aliphatic carbocycles. The van der Waals surface area contributed by atoms with E-state index in [-0.39, 0.29) is 41.9 Å². The minimum absolute atomic E-state index is 0.0612. The molecule has 116 valence electrons. The van der Waals surface area contributed by atoms with Crippen molar-refractivity contribution in [3.63, 3.8) is 0 Å². The Kier molecular flexibility index (Phi) is 4.87. The van der Waals surface area contributed by atoms with Crippen molar-refractivity contribution >= 4 is 45.2 Å². The van der Waals surface area contributed by atoms with Gasteiger partial charge in [-0.05, 0) is 12.8 Å². The quantitative estimate of drug-likeness (QED) is 0.786. The van der Waals surface area contributed by atoms with Gasteiger partial charge in [0.1, 0.15) is 11.3 Å². The molecule has 21 heavy (non-hydrogen) atoms. The van der Waals surface area contributed by atoms with Crippen LogP contribution in [-0.4, -0.2) is 46.9 Å². The van der Waals surface area contributed by atoms with Gasteiger partial charge in [0.15, 0.2) is 11.0 Å². The smallest absolute Gasteiger partial charge is 0.306 e. The summed E-state index contributed by atoms with van der Waals surface area (Å²) in [7, 11) is -3.87. The van der Waals surface area contributed by atoms with Crippen molar-refractivity contribution in [1.82, 2.24) is 14.3 Å². The van der Waals surface area contributed by atoms with Crippen LogP contribution < -0.4 is 4.72 Å². The van der Waals surface area contributed by atoms with E-state index in [0.29, 0.717) is 0 Å². The number of nitrogens with one attached hydrogen (secondary N) is 1. The van der Waals surface area contributed by atoms with E-state index < -0.39 is 22.1 Å². The number of hydrogen-bond acceptors (Lipinski definition) is 5. The molecule has 1 aliphatic rings. The maximum atomic E-state index is 12.2. The molecular weight excluding hydrogens is 343 g/mol. The second-order valence-electron chi connectivity index (χ2n) is 4.45. The highest BCUT2D eigenvalue weighted by molar-refractivity contribution is 7.90. The lowest BCUT2D eigenvalue weighted by Gasteiger charge is -2.29. The maximum Gasteiger partial charge on any atom is 0.306 e. The molecular formula is C10H12Cl2N4O4S. The van der Waals surface area contributed by atoms with Crippen molar-refractivity contribution in [1.29, 1.82) is 0 Å². The normalized spacial score (nSPS) is 17.6. The van der Waals surface area contributed by atoms with Crippen LogP contribution in [0.2, 0.25) is 10.2 Å². The largest absolute Gasteiger partial charge is 0.481 e. The van der Waals surface area contributed by atoms with Crippen LogP contribution in [0.4, 0.5) is 5.82 Å². The monoisotopic (exact) mass is 354 g/mol. The van der Waals surface area contributed by atoms with E-state index in [1.54, 1.807) is 0 Å². The molecule has 2 rings (SSSR count). The third-order valence-corrected chi connectivity index (χ3v) is 5.35. The van der Waals surface area contributed by atoms with Crippen LogP contribution in [0.1, 0.15) is 12.8 Å². The van der Waals surface area contributed by atoms with Gasteiger partial charge in [0.25, 0.3) is 0 Å². The molecule has 11 heteroatoms. The lowest BCUT2D eigenvalue weighted by atomic mass is 9.99. The molecule has 0 aromatic carbocycles. The summed E-state index contributed by atoms with van der Waals surface area (Å²) in [6.07, 6.45) is 1.60. The van der Waals surface area contributed by atoms with Gasteiger partial charge in [-0.1, -0.05) is 23.2 Å². The zero-order valence-electron chi connectivity index (χ0n) is 10.7. The van der Waals surface area contributed by atoms with Gasteiger partial charge < -0.3 is 5.11 Å². The summed E-state index contributed by atoms with van der Waals surface area (Å²) in [6.45, 7) is 0.228. The summed E-state index contributed by atoms with van der Waals surface area (Å²) >= 11 is 11.5. The van der Waals surface area contributed by atoms with Crippen molar-refractivity contribution in [3.8, 4) is 0 Å². The standard InChI is InChI=1S/C10H12Cl2N4O4S/c11-7-8(12)13-5-14-9(7)15-21(19,20)16-3-1-6(2-4-16)10(17)18/h5-6H,1-4H2,(H,17,18)(H,13,14,15). The van der Waals surface area contributed by atoms with Gasteiger partial charge in [-0.2, -0.15) is 12.7 Å². The molecule has 1 fully saturated rings. The Balaban J connectivity index is 2.09. The number of nitrogens with zero attached hydrogens (tertiary/aromatic N) is 3. The van der Waals surface area contributed by atoms with Gasteiger partial charge in [0.05, 0.1) is 5.92 Å². The second kappa shape index (κ2) is 6.30. The number of piperidine rings is 1. The summed E-state index contributed by atoms with van der Waals surface area (Å²) < 4.78 is 27.8. The predicted octanol–water partition coefficient (Wildman–Crippen LogP) is 1.24. The van der Waals surface area contributed by atoms with E-state index in [2.05, 4.69) is 14.7 Å². The number of carboxylic acid groups (broad SMARTS) is 1. The average Bonchev–Trinajstić information content (AvgIpc) is 2.44. The summed E-state index contributed by atoms with van der Waals surface area (Å²) in [5.74, 6) is -1.55. The molecule has 0 saturated carbocycles. The number of hydrogen-bond donors (Lipinski definition) is 2. The van der Waals surface area contributed by atoms with Gasteiger partial charge in [-0.3, -0.25) is 9.52 Å². The highest BCUT2D eigenvalue weighted by atomic mass is 35.5. The molecule has 0 radical (unpaired) electrons. The van der Waals surface area contributed by atoms with Crippen LogP contribution in [-0.2, 0) is 15.0 Å². The van der Waals surface area contributed by atoms with Crippen molar-refractivity contribution in [2.24, 2.45) is 5.92 Å². The van der Waals surface area contributed by atoms with Crippen molar-refractivity contribution < 1.29 is 18.3 Å². The SMILES string of the molecule is O=C(O)C1CCN(S(=O)(=O)Nc2ncnc(Cl)c2Cl)CC1. The fraction of sp³-hybridized carbons (Fsp3) is 0.500. The molecule has 0 spiro atoms. The molecule has 0 bridgehead atoms. The van der Waals surface area contributed by atoms with Gasteiger partial charge in [-0.15, -0.1) is 0 Å². The van der Waals surface area contributed by atoms with Crippen LogP contribution in [0.15, 0.2) is 6.33 Å². The molecule has 2 heterocycles. The molecule has 0 amide bonds. The summed E-state index contributed by atoms with van der Waals surface area (Å²) in [6, 6.07) is 0. The highest BCUT2D eigenvalue weighted by Crippen LogP contribution is 2.27. The van der Waals surface area contributed by atoms with Crippen molar-refractivity contribution in [3.05, 3.63) is 16.5 Å². The van der Waals surface area contributed by atoms with E-state index in [1.807, 2.05) is 0 Å². The number of aromatic nitrogens is 2. The molecule has 0 unspecified atom stereocenters. The maximum absolute atomic E-state index is 12.2. The van der Waals surface area contributed by atoms with E-state index in [0.717, 1.165) is 10.6 Å². The fourth-order valence-electron chi connectivity index (χ4n) is 1.95. The zero-order valence-corrected chi connectivity index (χ0v) is 13.0. The number of aliphatic carboxylic acids is 1. The van der Waals surface area contributed by atoms with Gasteiger partial charge in [0, 0.05) is 13.1 Å². The number of rotatable bonds is 4. The molecule has 1 aromatic rings. The number of carboxylic acids is 1. The molecule has 0 atom stereocenters. The predicted molar refractivity (Wildman–Crippen MR) is 76.5 cm³/mol. The van der Waals surface area contributed by atoms with Crippen LogP contribution in [0.25, 0.3) is 0 Å². The number of carbonyl (C=O) groups is 1. The van der Waals surface area contributed by atoms with E-state index >= 15 is 0 Å². The zero-order chi connectivity index (χ0) is 15.6. The molecule has 1 saturated heterocycles. The Hall–Kier alpha value is -1.16. The van der Waals surface area contributed by atoms with E-state index in [9.17, 15) is 13.2 Å². The highest BCUT2D eigenvalue weighted by Gasteiger charge is 2.31. The van der Waals surface area contributed by atoms with Gasteiger partial charge in [0.2, 0.25) is 0 Å². The number of halogens is 2. The second-order valence-corrected chi connectivity index (χ2v) is 6.85. The molecule has 8 nitrogen and oxygen atoms in total. The third kappa shape index (κ3) is 3.73. The van der Waals surface area contributed by atoms with E-state index in [1.165, 1.54) is 0 Å². The number of anilines is 1. The van der Waals surface area contributed by atoms with E-state index in [4.69, 9.17) is 28.3 Å².